The molecule has 0 spiro atoms. The summed E-state index contributed by atoms with van der Waals surface area (Å²) in [7, 11) is 0. The average molecular weight is 262 g/mol. The zero-order chi connectivity index (χ0) is 13.9. The van der Waals surface area contributed by atoms with Gasteiger partial charge in [-0.15, -0.1) is 0 Å². The molecule has 1 heterocycles. The third-order valence-electron chi connectivity index (χ3n) is 4.52. The van der Waals surface area contributed by atoms with E-state index in [1.54, 1.807) is 0 Å². The summed E-state index contributed by atoms with van der Waals surface area (Å²) in [6.45, 7) is 6.86. The van der Waals surface area contributed by atoms with Crippen molar-refractivity contribution >= 4 is 0 Å². The SMILES string of the molecule is CC1(C)CCCN1CCC(O)(CN)c1ccccc1. The lowest BCUT2D eigenvalue weighted by molar-refractivity contribution is 0.0188. The van der Waals surface area contributed by atoms with Gasteiger partial charge in [0.2, 0.25) is 0 Å². The van der Waals surface area contributed by atoms with Crippen LogP contribution in [0, 0.1) is 0 Å². The van der Waals surface area contributed by atoms with Crippen LogP contribution in [0.2, 0.25) is 0 Å². The van der Waals surface area contributed by atoms with Gasteiger partial charge in [0.25, 0.3) is 0 Å². The van der Waals surface area contributed by atoms with E-state index in [1.165, 1.54) is 12.8 Å². The second-order valence-electron chi connectivity index (χ2n) is 6.25. The smallest absolute Gasteiger partial charge is 0.103 e. The number of rotatable bonds is 5. The summed E-state index contributed by atoms with van der Waals surface area (Å²) in [6.07, 6.45) is 3.18. The molecule has 3 heteroatoms. The summed E-state index contributed by atoms with van der Waals surface area (Å²) in [6, 6.07) is 9.79. The van der Waals surface area contributed by atoms with Crippen molar-refractivity contribution in [2.24, 2.45) is 5.73 Å². The quantitative estimate of drug-likeness (QED) is 0.854. The molecule has 1 unspecified atom stereocenters. The summed E-state index contributed by atoms with van der Waals surface area (Å²) >= 11 is 0. The molecular formula is C16H26N2O. The van der Waals surface area contributed by atoms with Crippen molar-refractivity contribution in [2.75, 3.05) is 19.6 Å². The van der Waals surface area contributed by atoms with Crippen LogP contribution < -0.4 is 5.73 Å². The van der Waals surface area contributed by atoms with E-state index in [0.29, 0.717) is 6.42 Å². The van der Waals surface area contributed by atoms with Crippen molar-refractivity contribution in [2.45, 2.75) is 44.2 Å². The third-order valence-corrected chi connectivity index (χ3v) is 4.52. The van der Waals surface area contributed by atoms with Gasteiger partial charge in [-0.05, 0) is 45.2 Å². The minimum absolute atomic E-state index is 0.256. The van der Waals surface area contributed by atoms with Gasteiger partial charge < -0.3 is 10.8 Å². The Morgan fingerprint density at radius 2 is 2.00 bits per heavy atom. The molecular weight excluding hydrogens is 236 g/mol. The molecule has 1 fully saturated rings. The van der Waals surface area contributed by atoms with Gasteiger partial charge in [-0.3, -0.25) is 4.90 Å². The van der Waals surface area contributed by atoms with Gasteiger partial charge in [0.05, 0.1) is 0 Å². The molecule has 1 aliphatic heterocycles. The first kappa shape index (κ1) is 14.5. The fourth-order valence-electron chi connectivity index (χ4n) is 3.01. The first-order valence-corrected chi connectivity index (χ1v) is 7.21. The molecule has 0 saturated carbocycles. The van der Waals surface area contributed by atoms with Gasteiger partial charge in [-0.25, -0.2) is 0 Å². The van der Waals surface area contributed by atoms with Crippen LogP contribution in [0.1, 0.15) is 38.7 Å². The minimum Gasteiger partial charge on any atom is -0.384 e. The Morgan fingerprint density at radius 1 is 1.32 bits per heavy atom. The monoisotopic (exact) mass is 262 g/mol. The van der Waals surface area contributed by atoms with E-state index in [0.717, 1.165) is 18.7 Å². The fraction of sp³-hybridized carbons (Fsp3) is 0.625. The van der Waals surface area contributed by atoms with Crippen LogP contribution in [0.3, 0.4) is 0 Å². The number of hydrogen-bond donors (Lipinski definition) is 2. The van der Waals surface area contributed by atoms with Crippen molar-refractivity contribution in [3.63, 3.8) is 0 Å². The third kappa shape index (κ3) is 3.16. The Morgan fingerprint density at radius 3 is 2.53 bits per heavy atom. The maximum atomic E-state index is 10.8. The highest BCUT2D eigenvalue weighted by Gasteiger charge is 2.34. The molecule has 106 valence electrons. The molecule has 1 saturated heterocycles. The highest BCUT2D eigenvalue weighted by molar-refractivity contribution is 5.22. The van der Waals surface area contributed by atoms with Crippen LogP contribution in [0.4, 0.5) is 0 Å². The van der Waals surface area contributed by atoms with Gasteiger partial charge in [-0.1, -0.05) is 30.3 Å². The Balaban J connectivity index is 2.04. The number of nitrogens with zero attached hydrogens (tertiary/aromatic N) is 1. The van der Waals surface area contributed by atoms with E-state index in [4.69, 9.17) is 5.73 Å². The predicted octanol–water partition coefficient (Wildman–Crippen LogP) is 2.10. The first-order chi connectivity index (χ1) is 8.98. The zero-order valence-corrected chi connectivity index (χ0v) is 12.1. The number of aliphatic hydroxyl groups is 1. The zero-order valence-electron chi connectivity index (χ0n) is 12.1. The van der Waals surface area contributed by atoms with E-state index in [-0.39, 0.29) is 12.1 Å². The van der Waals surface area contributed by atoms with Crippen molar-refractivity contribution in [1.82, 2.24) is 4.90 Å². The Hall–Kier alpha value is -0.900. The van der Waals surface area contributed by atoms with Crippen molar-refractivity contribution < 1.29 is 5.11 Å². The van der Waals surface area contributed by atoms with Gasteiger partial charge in [0, 0.05) is 18.6 Å². The lowest BCUT2D eigenvalue weighted by atomic mass is 9.90. The predicted molar refractivity (Wildman–Crippen MR) is 78.9 cm³/mol. The second kappa shape index (κ2) is 5.61. The van der Waals surface area contributed by atoms with Crippen LogP contribution in [0.15, 0.2) is 30.3 Å². The van der Waals surface area contributed by atoms with E-state index in [1.807, 2.05) is 30.3 Å². The van der Waals surface area contributed by atoms with Crippen molar-refractivity contribution in [3.05, 3.63) is 35.9 Å². The minimum atomic E-state index is -0.903. The van der Waals surface area contributed by atoms with Gasteiger partial charge in [0.15, 0.2) is 0 Å². The molecule has 0 amide bonds. The van der Waals surface area contributed by atoms with Crippen LogP contribution in [0.5, 0.6) is 0 Å². The number of likely N-dealkylation sites (tertiary alicyclic amines) is 1. The molecule has 19 heavy (non-hydrogen) atoms. The van der Waals surface area contributed by atoms with Gasteiger partial charge in [-0.2, -0.15) is 0 Å². The van der Waals surface area contributed by atoms with Crippen LogP contribution in [-0.2, 0) is 5.60 Å². The first-order valence-electron chi connectivity index (χ1n) is 7.21. The normalized spacial score (nSPS) is 22.3. The fourth-order valence-corrected chi connectivity index (χ4v) is 3.01. The van der Waals surface area contributed by atoms with Crippen molar-refractivity contribution in [1.29, 1.82) is 0 Å². The Kier molecular flexibility index (Phi) is 4.29. The molecule has 0 aromatic heterocycles. The average Bonchev–Trinajstić information content (AvgIpc) is 2.76. The van der Waals surface area contributed by atoms with Gasteiger partial charge in [0.1, 0.15) is 5.60 Å². The molecule has 3 nitrogen and oxygen atoms in total. The van der Waals surface area contributed by atoms with E-state index in [2.05, 4.69) is 18.7 Å². The standard InChI is InChI=1S/C16H26N2O/c1-15(2)9-6-11-18(15)12-10-16(19,13-17)14-7-4-3-5-8-14/h3-5,7-8,19H,6,9-13,17H2,1-2H3. The molecule has 0 bridgehead atoms. The maximum Gasteiger partial charge on any atom is 0.103 e. The van der Waals surface area contributed by atoms with Crippen LogP contribution in [-0.4, -0.2) is 35.2 Å². The lowest BCUT2D eigenvalue weighted by Gasteiger charge is -2.35. The molecule has 0 aliphatic carbocycles. The second-order valence-corrected chi connectivity index (χ2v) is 6.25. The Labute approximate surface area is 116 Å². The molecule has 1 atom stereocenters. The van der Waals surface area contributed by atoms with E-state index in [9.17, 15) is 5.11 Å². The number of nitrogens with two attached hydrogens (primary N) is 1. The molecule has 1 aromatic carbocycles. The highest BCUT2D eigenvalue weighted by Crippen LogP contribution is 2.31. The largest absolute Gasteiger partial charge is 0.384 e. The molecule has 1 aromatic rings. The highest BCUT2D eigenvalue weighted by atomic mass is 16.3. The Bertz CT molecular complexity index is 404. The molecule has 2 rings (SSSR count). The van der Waals surface area contributed by atoms with Crippen molar-refractivity contribution in [3.8, 4) is 0 Å². The number of benzene rings is 1. The maximum absolute atomic E-state index is 10.8. The van der Waals surface area contributed by atoms with E-state index >= 15 is 0 Å². The summed E-state index contributed by atoms with van der Waals surface area (Å²) in [4.78, 5) is 2.47. The topological polar surface area (TPSA) is 49.5 Å². The summed E-state index contributed by atoms with van der Waals surface area (Å²) in [5.74, 6) is 0. The van der Waals surface area contributed by atoms with E-state index < -0.39 is 5.60 Å². The lowest BCUT2D eigenvalue weighted by Crippen LogP contribution is -2.43. The molecule has 3 N–H and O–H groups in total. The summed E-state index contributed by atoms with van der Waals surface area (Å²) in [5.41, 5.74) is 6.10. The van der Waals surface area contributed by atoms with Crippen LogP contribution in [0.25, 0.3) is 0 Å². The molecule has 0 radical (unpaired) electrons. The molecule has 1 aliphatic rings. The summed E-state index contributed by atoms with van der Waals surface area (Å²) in [5, 5.41) is 10.8. The summed E-state index contributed by atoms with van der Waals surface area (Å²) < 4.78 is 0. The van der Waals surface area contributed by atoms with Gasteiger partial charge >= 0.3 is 0 Å². The number of hydrogen-bond acceptors (Lipinski definition) is 3. The van der Waals surface area contributed by atoms with Crippen LogP contribution >= 0.6 is 0 Å².